The molecule has 1 aliphatic carbocycles. The van der Waals surface area contributed by atoms with Crippen LogP contribution in [0.3, 0.4) is 0 Å². The Balaban J connectivity index is 1.56. The minimum absolute atomic E-state index is 0.791. The van der Waals surface area contributed by atoms with E-state index in [1.807, 2.05) is 0 Å². The van der Waals surface area contributed by atoms with Crippen molar-refractivity contribution in [2.24, 2.45) is 5.92 Å². The molecule has 0 nitrogen and oxygen atoms in total. The molecule has 0 heterocycles. The summed E-state index contributed by atoms with van der Waals surface area (Å²) in [5.41, 5.74) is 5.65. The van der Waals surface area contributed by atoms with Crippen LogP contribution in [0.25, 0.3) is 11.1 Å². The molecule has 134 valence electrons. The fraction of sp³-hybridized carbons (Fsp3) is 0.520. The number of hydrogen-bond donors (Lipinski definition) is 0. The normalized spacial score (nSPS) is 20.6. The lowest BCUT2D eigenvalue weighted by Gasteiger charge is -2.29. The van der Waals surface area contributed by atoms with Crippen LogP contribution in [0.5, 0.6) is 0 Å². The van der Waals surface area contributed by atoms with Gasteiger partial charge in [0.25, 0.3) is 0 Å². The molecule has 0 unspecified atom stereocenters. The first-order chi connectivity index (χ1) is 12.3. The first kappa shape index (κ1) is 18.2. The lowest BCUT2D eigenvalue weighted by molar-refractivity contribution is 0.303. The van der Waals surface area contributed by atoms with E-state index < -0.39 is 0 Å². The molecule has 2 aromatic rings. The van der Waals surface area contributed by atoms with Gasteiger partial charge in [-0.05, 0) is 66.2 Å². The SMILES string of the molecule is CCCCCC1CCC(c2ccc(-c3ccc(CC)cc3)cc2)CC1. The van der Waals surface area contributed by atoms with E-state index in [4.69, 9.17) is 0 Å². The van der Waals surface area contributed by atoms with Crippen molar-refractivity contribution in [3.05, 3.63) is 59.7 Å². The Kier molecular flexibility index (Phi) is 6.73. The second-order valence-corrected chi connectivity index (χ2v) is 7.89. The van der Waals surface area contributed by atoms with Crippen LogP contribution in [0, 0.1) is 5.92 Å². The molecule has 0 bridgehead atoms. The molecule has 0 amide bonds. The first-order valence-electron chi connectivity index (χ1n) is 10.5. The van der Waals surface area contributed by atoms with Crippen molar-refractivity contribution in [3.8, 4) is 11.1 Å². The summed E-state index contributed by atoms with van der Waals surface area (Å²) in [5.74, 6) is 1.79. The van der Waals surface area contributed by atoms with Gasteiger partial charge in [-0.25, -0.2) is 0 Å². The van der Waals surface area contributed by atoms with Gasteiger partial charge in [0.05, 0.1) is 0 Å². The van der Waals surface area contributed by atoms with Crippen LogP contribution in [0.15, 0.2) is 48.5 Å². The predicted octanol–water partition coefficient (Wildman–Crippen LogP) is 7.77. The first-order valence-corrected chi connectivity index (χ1v) is 10.5. The van der Waals surface area contributed by atoms with Crippen LogP contribution in [0.2, 0.25) is 0 Å². The lowest BCUT2D eigenvalue weighted by Crippen LogP contribution is -2.13. The molecule has 2 aromatic carbocycles. The summed E-state index contributed by atoms with van der Waals surface area (Å²) in [7, 11) is 0. The molecule has 3 rings (SSSR count). The zero-order valence-corrected chi connectivity index (χ0v) is 16.1. The Morgan fingerprint density at radius 1 is 0.720 bits per heavy atom. The smallest absolute Gasteiger partial charge is 0.0162 e. The third-order valence-electron chi connectivity index (χ3n) is 6.14. The number of aryl methyl sites for hydroxylation is 1. The van der Waals surface area contributed by atoms with Gasteiger partial charge in [0, 0.05) is 0 Å². The molecular formula is C25H34. The van der Waals surface area contributed by atoms with Gasteiger partial charge in [-0.1, -0.05) is 88.1 Å². The van der Waals surface area contributed by atoms with Gasteiger partial charge >= 0.3 is 0 Å². The van der Waals surface area contributed by atoms with Crippen molar-refractivity contribution in [3.63, 3.8) is 0 Å². The van der Waals surface area contributed by atoms with E-state index in [0.29, 0.717) is 0 Å². The topological polar surface area (TPSA) is 0 Å². The van der Waals surface area contributed by atoms with E-state index in [0.717, 1.165) is 18.3 Å². The average molecular weight is 335 g/mol. The van der Waals surface area contributed by atoms with Crippen molar-refractivity contribution in [2.45, 2.75) is 77.6 Å². The maximum atomic E-state index is 2.38. The minimum atomic E-state index is 0.791. The van der Waals surface area contributed by atoms with Gasteiger partial charge in [0.2, 0.25) is 0 Å². The molecule has 25 heavy (non-hydrogen) atoms. The van der Waals surface area contributed by atoms with Crippen molar-refractivity contribution in [1.29, 1.82) is 0 Å². The zero-order valence-electron chi connectivity index (χ0n) is 16.1. The van der Waals surface area contributed by atoms with E-state index in [9.17, 15) is 0 Å². The van der Waals surface area contributed by atoms with Crippen LogP contribution in [0.4, 0.5) is 0 Å². The Morgan fingerprint density at radius 3 is 1.88 bits per heavy atom. The highest BCUT2D eigenvalue weighted by Crippen LogP contribution is 2.38. The third kappa shape index (κ3) is 4.97. The molecule has 1 saturated carbocycles. The molecule has 1 aliphatic rings. The molecule has 0 saturated heterocycles. The monoisotopic (exact) mass is 334 g/mol. The van der Waals surface area contributed by atoms with E-state index in [1.165, 1.54) is 68.1 Å². The highest BCUT2D eigenvalue weighted by atomic mass is 14.3. The van der Waals surface area contributed by atoms with Crippen LogP contribution in [0.1, 0.15) is 82.3 Å². The summed E-state index contributed by atoms with van der Waals surface area (Å²) in [4.78, 5) is 0. The van der Waals surface area contributed by atoms with Crippen molar-refractivity contribution in [2.75, 3.05) is 0 Å². The fourth-order valence-electron chi connectivity index (χ4n) is 4.35. The molecule has 0 spiro atoms. The molecule has 0 radical (unpaired) electrons. The summed E-state index contributed by atoms with van der Waals surface area (Å²) in [5, 5.41) is 0. The van der Waals surface area contributed by atoms with Gasteiger partial charge in [0.1, 0.15) is 0 Å². The molecule has 1 fully saturated rings. The summed E-state index contributed by atoms with van der Waals surface area (Å²) in [6, 6.07) is 18.4. The molecular weight excluding hydrogens is 300 g/mol. The summed E-state index contributed by atoms with van der Waals surface area (Å²) < 4.78 is 0. The molecule has 0 N–H and O–H groups in total. The van der Waals surface area contributed by atoms with Crippen molar-refractivity contribution >= 4 is 0 Å². The minimum Gasteiger partial charge on any atom is -0.0654 e. The number of unbranched alkanes of at least 4 members (excludes halogenated alkanes) is 2. The van der Waals surface area contributed by atoms with Crippen LogP contribution in [-0.2, 0) is 6.42 Å². The molecule has 0 atom stereocenters. The highest BCUT2D eigenvalue weighted by Gasteiger charge is 2.21. The van der Waals surface area contributed by atoms with Gasteiger partial charge in [-0.15, -0.1) is 0 Å². The van der Waals surface area contributed by atoms with E-state index >= 15 is 0 Å². The summed E-state index contributed by atoms with van der Waals surface area (Å²) >= 11 is 0. The van der Waals surface area contributed by atoms with Crippen LogP contribution >= 0.6 is 0 Å². The second-order valence-electron chi connectivity index (χ2n) is 7.89. The molecule has 0 aromatic heterocycles. The maximum absolute atomic E-state index is 2.38. The summed E-state index contributed by atoms with van der Waals surface area (Å²) in [6.45, 7) is 4.51. The van der Waals surface area contributed by atoms with Gasteiger partial charge in [0.15, 0.2) is 0 Å². The predicted molar refractivity (Wildman–Crippen MR) is 110 cm³/mol. The maximum Gasteiger partial charge on any atom is -0.0162 e. The Hall–Kier alpha value is -1.56. The standard InChI is InChI=1S/C25H34/c1-3-5-6-7-21-10-14-23(15-11-21)25-18-16-24(17-19-25)22-12-8-20(4-2)9-13-22/h8-9,12-13,16-19,21,23H,3-7,10-11,14-15H2,1-2H3. The van der Waals surface area contributed by atoms with E-state index in [1.54, 1.807) is 5.56 Å². The number of benzene rings is 2. The van der Waals surface area contributed by atoms with Crippen LogP contribution < -0.4 is 0 Å². The number of rotatable bonds is 7. The molecule has 0 aliphatic heterocycles. The lowest BCUT2D eigenvalue weighted by atomic mass is 9.77. The van der Waals surface area contributed by atoms with Gasteiger partial charge in [-0.3, -0.25) is 0 Å². The van der Waals surface area contributed by atoms with E-state index in [-0.39, 0.29) is 0 Å². The Labute approximate surface area is 154 Å². The third-order valence-corrected chi connectivity index (χ3v) is 6.14. The van der Waals surface area contributed by atoms with Gasteiger partial charge in [-0.2, -0.15) is 0 Å². The second kappa shape index (κ2) is 9.22. The fourth-order valence-corrected chi connectivity index (χ4v) is 4.35. The largest absolute Gasteiger partial charge is 0.0654 e. The zero-order chi connectivity index (χ0) is 17.5. The highest BCUT2D eigenvalue weighted by molar-refractivity contribution is 5.64. The number of hydrogen-bond acceptors (Lipinski definition) is 0. The Bertz CT molecular complexity index is 612. The van der Waals surface area contributed by atoms with Gasteiger partial charge < -0.3 is 0 Å². The van der Waals surface area contributed by atoms with Crippen molar-refractivity contribution < 1.29 is 0 Å². The van der Waals surface area contributed by atoms with Crippen LogP contribution in [-0.4, -0.2) is 0 Å². The molecule has 0 heteroatoms. The van der Waals surface area contributed by atoms with E-state index in [2.05, 4.69) is 62.4 Å². The Morgan fingerprint density at radius 2 is 1.32 bits per heavy atom. The quantitative estimate of drug-likeness (QED) is 0.454. The van der Waals surface area contributed by atoms with Crippen molar-refractivity contribution in [1.82, 2.24) is 0 Å². The average Bonchev–Trinajstić information content (AvgIpc) is 2.69. The summed E-state index contributed by atoms with van der Waals surface area (Å²) in [6.07, 6.45) is 12.4.